The molecule has 1 saturated carbocycles. The minimum atomic E-state index is -3.77. The van der Waals surface area contributed by atoms with Gasteiger partial charge in [-0.2, -0.15) is 0 Å². The number of nitrogens with zero attached hydrogens (tertiary/aromatic N) is 2. The summed E-state index contributed by atoms with van der Waals surface area (Å²) in [6, 6.07) is 19.6. The van der Waals surface area contributed by atoms with E-state index < -0.39 is 10.0 Å². The van der Waals surface area contributed by atoms with E-state index in [2.05, 4.69) is 30.0 Å². The number of aromatic nitrogens is 1. The fourth-order valence-corrected chi connectivity index (χ4v) is 9.52. The first-order valence-corrected chi connectivity index (χ1v) is 17.6. The number of ether oxygens (including phenoxy) is 2. The number of carbonyl (C=O) groups excluding carboxylic acids is 1. The summed E-state index contributed by atoms with van der Waals surface area (Å²) < 4.78 is 40.6. The Balaban J connectivity index is 1.34. The van der Waals surface area contributed by atoms with Gasteiger partial charge < -0.3 is 9.47 Å². The number of carbonyl (C=O) groups is 1. The average Bonchev–Trinajstić information content (AvgIpc) is 3.74. The van der Waals surface area contributed by atoms with E-state index >= 15 is 0 Å². The zero-order chi connectivity index (χ0) is 31.5. The lowest BCUT2D eigenvalue weighted by atomic mass is 9.79. The standard InChI is InChI=1S/C37H42N2O5S/c1-5-44-30-21-29-16-18-37(22-30,28-12-10-27(11-13-28)36(40)43-4)38(29)23-34-32-17-19-39(35(32)25(3)20-33(34)26-8-9-26)45(41,42)31-14-6-24(2)7-15-31/h6-7,10-15,17,19-20,26,29-30H,5,8-9,16,18,21-23H2,1-4H3/t29-,30+,37+/m1/s1. The molecule has 2 aliphatic heterocycles. The Kier molecular flexibility index (Phi) is 7.66. The second-order valence-corrected chi connectivity index (χ2v) is 15.0. The van der Waals surface area contributed by atoms with Crippen LogP contribution in [0.5, 0.6) is 0 Å². The number of piperidine rings is 1. The Bertz CT molecular complexity index is 1860. The maximum atomic E-state index is 14.0. The Morgan fingerprint density at radius 2 is 1.73 bits per heavy atom. The largest absolute Gasteiger partial charge is 0.465 e. The van der Waals surface area contributed by atoms with Crippen molar-refractivity contribution in [2.75, 3.05) is 13.7 Å². The van der Waals surface area contributed by atoms with E-state index in [0.717, 1.165) is 67.1 Å². The molecule has 4 aromatic rings. The zero-order valence-corrected chi connectivity index (χ0v) is 27.4. The first-order chi connectivity index (χ1) is 21.7. The number of hydrogen-bond donors (Lipinski definition) is 0. The second-order valence-electron chi connectivity index (χ2n) is 13.2. The topological polar surface area (TPSA) is 77.8 Å². The van der Waals surface area contributed by atoms with Crippen molar-refractivity contribution < 1.29 is 22.7 Å². The summed E-state index contributed by atoms with van der Waals surface area (Å²) in [5, 5.41) is 1.02. The number of fused-ring (bicyclic) bond motifs is 3. The number of hydrogen-bond acceptors (Lipinski definition) is 6. The molecular weight excluding hydrogens is 584 g/mol. The van der Waals surface area contributed by atoms with Gasteiger partial charge in [0.25, 0.3) is 10.0 Å². The molecule has 3 aliphatic rings. The average molecular weight is 627 g/mol. The Hall–Kier alpha value is -3.46. The van der Waals surface area contributed by atoms with Crippen LogP contribution in [0.1, 0.15) is 89.5 Å². The van der Waals surface area contributed by atoms with Gasteiger partial charge in [-0.3, -0.25) is 4.90 Å². The van der Waals surface area contributed by atoms with Gasteiger partial charge >= 0.3 is 5.97 Å². The minimum Gasteiger partial charge on any atom is -0.465 e. The number of esters is 1. The van der Waals surface area contributed by atoms with Crippen molar-refractivity contribution in [2.24, 2.45) is 0 Å². The van der Waals surface area contributed by atoms with Crippen molar-refractivity contribution in [1.29, 1.82) is 0 Å². The van der Waals surface area contributed by atoms with Gasteiger partial charge in [-0.05, 0) is 118 Å². The first kappa shape index (κ1) is 30.2. The van der Waals surface area contributed by atoms with Crippen LogP contribution in [0.4, 0.5) is 0 Å². The van der Waals surface area contributed by atoms with Gasteiger partial charge in [0.2, 0.25) is 0 Å². The molecule has 45 heavy (non-hydrogen) atoms. The van der Waals surface area contributed by atoms with Gasteiger partial charge in [0, 0.05) is 36.3 Å². The summed E-state index contributed by atoms with van der Waals surface area (Å²) in [7, 11) is -2.36. The Labute approximate surface area is 266 Å². The summed E-state index contributed by atoms with van der Waals surface area (Å²) in [6.45, 7) is 7.48. The predicted molar refractivity (Wildman–Crippen MR) is 175 cm³/mol. The maximum absolute atomic E-state index is 14.0. The second kappa shape index (κ2) is 11.4. The Morgan fingerprint density at radius 3 is 2.40 bits per heavy atom. The van der Waals surface area contributed by atoms with E-state index in [9.17, 15) is 13.2 Å². The lowest BCUT2D eigenvalue weighted by Crippen LogP contribution is -2.52. The van der Waals surface area contributed by atoms with Crippen LogP contribution in [0.15, 0.2) is 71.8 Å². The fraction of sp³-hybridized carbons (Fsp3) is 0.432. The van der Waals surface area contributed by atoms with Crippen LogP contribution >= 0.6 is 0 Å². The van der Waals surface area contributed by atoms with E-state index in [1.54, 1.807) is 18.3 Å². The highest BCUT2D eigenvalue weighted by molar-refractivity contribution is 7.90. The summed E-state index contributed by atoms with van der Waals surface area (Å²) in [6.07, 6.45) is 8.17. The summed E-state index contributed by atoms with van der Waals surface area (Å²) in [5.41, 5.74) is 6.87. The van der Waals surface area contributed by atoms with Crippen molar-refractivity contribution in [2.45, 2.75) is 94.3 Å². The van der Waals surface area contributed by atoms with Gasteiger partial charge in [-0.25, -0.2) is 17.2 Å². The smallest absolute Gasteiger partial charge is 0.337 e. The third-order valence-corrected chi connectivity index (χ3v) is 12.1. The van der Waals surface area contributed by atoms with Crippen LogP contribution < -0.4 is 0 Å². The molecule has 3 fully saturated rings. The molecule has 0 radical (unpaired) electrons. The molecule has 7 rings (SSSR count). The number of benzene rings is 3. The van der Waals surface area contributed by atoms with Crippen LogP contribution in [0.2, 0.25) is 0 Å². The number of aryl methyl sites for hydroxylation is 2. The van der Waals surface area contributed by atoms with E-state index in [-0.39, 0.29) is 17.6 Å². The molecule has 3 aromatic carbocycles. The number of methoxy groups -OCH3 is 1. The summed E-state index contributed by atoms with van der Waals surface area (Å²) in [4.78, 5) is 15.2. The highest BCUT2D eigenvalue weighted by atomic mass is 32.2. The predicted octanol–water partition coefficient (Wildman–Crippen LogP) is 7.22. The molecule has 3 atom stereocenters. The molecule has 0 unspecified atom stereocenters. The molecule has 0 spiro atoms. The lowest BCUT2D eigenvalue weighted by molar-refractivity contribution is -0.0592. The van der Waals surface area contributed by atoms with Crippen molar-refractivity contribution in [3.05, 3.63) is 100 Å². The molecule has 1 aliphatic carbocycles. The van der Waals surface area contributed by atoms with Crippen LogP contribution in [-0.4, -0.2) is 49.1 Å². The van der Waals surface area contributed by atoms with Crippen LogP contribution in [0.3, 0.4) is 0 Å². The molecular formula is C37H42N2O5S. The van der Waals surface area contributed by atoms with Crippen molar-refractivity contribution in [3.8, 4) is 0 Å². The van der Waals surface area contributed by atoms with E-state index in [0.29, 0.717) is 29.0 Å². The third-order valence-electron chi connectivity index (χ3n) is 10.4. The van der Waals surface area contributed by atoms with Crippen LogP contribution in [-0.2, 0) is 31.6 Å². The first-order valence-electron chi connectivity index (χ1n) is 16.2. The summed E-state index contributed by atoms with van der Waals surface area (Å²) >= 11 is 0. The molecule has 7 nitrogen and oxygen atoms in total. The third kappa shape index (κ3) is 5.11. The van der Waals surface area contributed by atoms with Crippen LogP contribution in [0.25, 0.3) is 10.9 Å². The quantitative estimate of drug-likeness (QED) is 0.183. The van der Waals surface area contributed by atoms with E-state index in [1.807, 2.05) is 44.2 Å². The van der Waals surface area contributed by atoms with Gasteiger partial charge in [-0.15, -0.1) is 0 Å². The number of rotatable bonds is 9. The molecule has 0 N–H and O–H groups in total. The molecule has 236 valence electrons. The monoisotopic (exact) mass is 626 g/mol. The molecule has 0 amide bonds. The van der Waals surface area contributed by atoms with E-state index in [1.165, 1.54) is 27.8 Å². The normalized spacial score (nSPS) is 23.5. The van der Waals surface area contributed by atoms with Crippen molar-refractivity contribution in [1.82, 2.24) is 8.87 Å². The van der Waals surface area contributed by atoms with Gasteiger partial charge in [0.05, 0.1) is 29.2 Å². The maximum Gasteiger partial charge on any atom is 0.337 e. The fourth-order valence-electron chi connectivity index (χ4n) is 8.11. The molecule has 2 saturated heterocycles. The highest BCUT2D eigenvalue weighted by Gasteiger charge is 2.53. The molecule has 1 aromatic heterocycles. The van der Waals surface area contributed by atoms with Gasteiger partial charge in [-0.1, -0.05) is 35.9 Å². The lowest BCUT2D eigenvalue weighted by Gasteiger charge is -2.48. The van der Waals surface area contributed by atoms with Crippen molar-refractivity contribution >= 4 is 26.9 Å². The zero-order valence-electron chi connectivity index (χ0n) is 26.6. The van der Waals surface area contributed by atoms with Crippen LogP contribution in [0, 0.1) is 13.8 Å². The van der Waals surface area contributed by atoms with Crippen molar-refractivity contribution in [3.63, 3.8) is 0 Å². The van der Waals surface area contributed by atoms with E-state index in [4.69, 9.17) is 9.47 Å². The van der Waals surface area contributed by atoms with Gasteiger partial charge in [0.1, 0.15) is 0 Å². The minimum absolute atomic E-state index is 0.167. The summed E-state index contributed by atoms with van der Waals surface area (Å²) in [5.74, 6) is 0.173. The molecule has 2 bridgehead atoms. The highest BCUT2D eigenvalue weighted by Crippen LogP contribution is 2.53. The van der Waals surface area contributed by atoms with Gasteiger partial charge in [0.15, 0.2) is 0 Å². The Morgan fingerprint density at radius 1 is 1.00 bits per heavy atom. The molecule has 8 heteroatoms. The molecule has 3 heterocycles. The SMILES string of the molecule is CCO[C@H]1C[C@H]2CC[C@@](c3ccc(C(=O)OC)cc3)(C1)N2Cc1c(C2CC2)cc(C)c2c1ccn2S(=O)(=O)c1ccc(C)cc1.